The van der Waals surface area contributed by atoms with E-state index in [-0.39, 0.29) is 18.5 Å². The smallest absolute Gasteiger partial charge is 0.357 e. The molecule has 0 spiro atoms. The number of nitrogens with zero attached hydrogens (tertiary/aromatic N) is 3. The number of hydrogen-bond acceptors (Lipinski definition) is 5. The van der Waals surface area contributed by atoms with E-state index >= 15 is 0 Å². The van der Waals surface area contributed by atoms with Crippen molar-refractivity contribution in [3.8, 4) is 0 Å². The van der Waals surface area contributed by atoms with Crippen LogP contribution in [0.4, 0.5) is 5.69 Å². The minimum atomic E-state index is -1.16. The Morgan fingerprint density at radius 3 is 2.78 bits per heavy atom. The molecule has 2 heterocycles. The minimum Gasteiger partial charge on any atom is -0.476 e. The molecule has 1 fully saturated rings. The van der Waals surface area contributed by atoms with E-state index in [4.69, 9.17) is 9.47 Å². The molecule has 0 bridgehead atoms. The number of carbonyl (C=O) groups is 1. The van der Waals surface area contributed by atoms with Gasteiger partial charge in [-0.1, -0.05) is 19.6 Å². The molecule has 0 amide bonds. The number of ether oxygens (including phenoxy) is 2. The van der Waals surface area contributed by atoms with Gasteiger partial charge >= 0.3 is 5.97 Å². The molecule has 1 aromatic heterocycles. The van der Waals surface area contributed by atoms with Crippen molar-refractivity contribution in [2.45, 2.75) is 44.9 Å². The zero-order valence-electron chi connectivity index (χ0n) is 16.6. The highest BCUT2D eigenvalue weighted by Gasteiger charge is 2.24. The maximum absolute atomic E-state index is 11.7. The third-order valence-electron chi connectivity index (χ3n) is 4.99. The molecular formula is C19H29N3O4Si. The molecule has 1 atom stereocenters. The lowest BCUT2D eigenvalue weighted by Gasteiger charge is -2.18. The second kappa shape index (κ2) is 8.00. The van der Waals surface area contributed by atoms with Gasteiger partial charge in [-0.05, 0) is 30.7 Å². The number of hydrogen-bond donors (Lipinski definition) is 1. The number of aromatic carboxylic acids is 1. The van der Waals surface area contributed by atoms with E-state index in [9.17, 15) is 9.90 Å². The van der Waals surface area contributed by atoms with Crippen molar-refractivity contribution in [1.82, 2.24) is 9.78 Å². The van der Waals surface area contributed by atoms with Gasteiger partial charge in [-0.2, -0.15) is 5.10 Å². The molecule has 0 aliphatic carbocycles. The van der Waals surface area contributed by atoms with E-state index in [0.29, 0.717) is 12.0 Å². The first kappa shape index (κ1) is 19.8. The Morgan fingerprint density at radius 2 is 2.15 bits per heavy atom. The summed E-state index contributed by atoms with van der Waals surface area (Å²) in [5, 5.41) is 14.5. The summed E-state index contributed by atoms with van der Waals surface area (Å²) < 4.78 is 12.8. The van der Waals surface area contributed by atoms with E-state index in [1.54, 1.807) is 11.8 Å². The highest BCUT2D eigenvalue weighted by molar-refractivity contribution is 6.76. The van der Waals surface area contributed by atoms with Gasteiger partial charge in [0.15, 0.2) is 5.69 Å². The predicted molar refractivity (Wildman–Crippen MR) is 108 cm³/mol. The van der Waals surface area contributed by atoms with E-state index in [2.05, 4.69) is 29.6 Å². The fraction of sp³-hybridized carbons (Fsp3) is 0.579. The summed E-state index contributed by atoms with van der Waals surface area (Å²) in [6.07, 6.45) is 1.20. The first-order valence-corrected chi connectivity index (χ1v) is 13.1. The van der Waals surface area contributed by atoms with Gasteiger partial charge in [0.25, 0.3) is 0 Å². The van der Waals surface area contributed by atoms with Crippen molar-refractivity contribution in [3.05, 3.63) is 23.9 Å². The Hall–Kier alpha value is -1.90. The van der Waals surface area contributed by atoms with Crippen LogP contribution < -0.4 is 4.90 Å². The Morgan fingerprint density at radius 1 is 1.37 bits per heavy atom. The topological polar surface area (TPSA) is 76.8 Å². The molecule has 148 valence electrons. The number of aromatic nitrogens is 2. The second-order valence-electron chi connectivity index (χ2n) is 8.30. The summed E-state index contributed by atoms with van der Waals surface area (Å²) in [6.45, 7) is 9.56. The van der Waals surface area contributed by atoms with Crippen molar-refractivity contribution in [2.24, 2.45) is 0 Å². The Labute approximate surface area is 160 Å². The summed E-state index contributed by atoms with van der Waals surface area (Å²) in [7, 11) is 0.570. The molecule has 1 aromatic carbocycles. The Bertz CT molecular complexity index is 815. The number of carboxylic acid groups (broad SMARTS) is 1. The summed E-state index contributed by atoms with van der Waals surface area (Å²) in [5.74, 6) is -1.02. The monoisotopic (exact) mass is 391 g/mol. The van der Waals surface area contributed by atoms with E-state index < -0.39 is 14.0 Å². The molecule has 3 rings (SSSR count). The number of carboxylic acids is 1. The summed E-state index contributed by atoms with van der Waals surface area (Å²) in [6, 6.07) is 6.94. The molecule has 2 aromatic rings. The summed E-state index contributed by atoms with van der Waals surface area (Å²) >= 11 is 0. The molecule has 1 saturated heterocycles. The quantitative estimate of drug-likeness (QED) is 0.550. The average molecular weight is 392 g/mol. The molecule has 0 unspecified atom stereocenters. The molecule has 1 aliphatic rings. The van der Waals surface area contributed by atoms with Crippen LogP contribution in [0.2, 0.25) is 25.7 Å². The standard InChI is InChI=1S/C19H29N3O4Si/c1-25-15-7-8-21(12-15)14-5-6-17-16(11-14)18(19(23)24)20-22(17)13-26-9-10-27(2,3)4/h5-6,11,15H,7-10,12-13H2,1-4H3,(H,23,24)/t15-/m1/s1. The van der Waals surface area contributed by atoms with Crippen molar-refractivity contribution < 1.29 is 19.4 Å². The Kier molecular flexibility index (Phi) is 5.88. The van der Waals surface area contributed by atoms with Crippen LogP contribution in [0.1, 0.15) is 16.9 Å². The SMILES string of the molecule is CO[C@@H]1CCN(c2ccc3c(c2)c(C(=O)O)nn3COCC[Si](C)(C)C)C1. The molecule has 0 saturated carbocycles. The zero-order valence-corrected chi connectivity index (χ0v) is 17.6. The van der Waals surface area contributed by atoms with Crippen LogP contribution in [0.3, 0.4) is 0 Å². The number of rotatable bonds is 8. The van der Waals surface area contributed by atoms with Gasteiger partial charge in [0.1, 0.15) is 6.73 Å². The average Bonchev–Trinajstić information content (AvgIpc) is 3.22. The molecule has 0 radical (unpaired) electrons. The number of benzene rings is 1. The van der Waals surface area contributed by atoms with Crippen molar-refractivity contribution in [3.63, 3.8) is 0 Å². The van der Waals surface area contributed by atoms with Crippen molar-refractivity contribution in [1.29, 1.82) is 0 Å². The van der Waals surface area contributed by atoms with Crippen LogP contribution in [0.25, 0.3) is 10.9 Å². The fourth-order valence-corrected chi connectivity index (χ4v) is 4.06. The molecule has 1 N–H and O–H groups in total. The third kappa shape index (κ3) is 4.69. The molecule has 27 heavy (non-hydrogen) atoms. The highest BCUT2D eigenvalue weighted by Crippen LogP contribution is 2.28. The fourth-order valence-electron chi connectivity index (χ4n) is 3.30. The van der Waals surface area contributed by atoms with Gasteiger partial charge in [0.2, 0.25) is 0 Å². The highest BCUT2D eigenvalue weighted by atomic mass is 28.3. The van der Waals surface area contributed by atoms with Gasteiger partial charge in [-0.3, -0.25) is 0 Å². The van der Waals surface area contributed by atoms with Gasteiger partial charge in [0, 0.05) is 46.0 Å². The van der Waals surface area contributed by atoms with Crippen LogP contribution in [0.15, 0.2) is 18.2 Å². The van der Waals surface area contributed by atoms with E-state index in [1.165, 1.54) is 0 Å². The van der Waals surface area contributed by atoms with E-state index in [1.807, 2.05) is 18.2 Å². The third-order valence-corrected chi connectivity index (χ3v) is 6.69. The van der Waals surface area contributed by atoms with Crippen LogP contribution in [-0.4, -0.2) is 61.8 Å². The lowest BCUT2D eigenvalue weighted by Crippen LogP contribution is -2.22. The van der Waals surface area contributed by atoms with Crippen LogP contribution in [-0.2, 0) is 16.2 Å². The zero-order chi connectivity index (χ0) is 19.6. The second-order valence-corrected chi connectivity index (χ2v) is 13.9. The molecule has 7 nitrogen and oxygen atoms in total. The summed E-state index contributed by atoms with van der Waals surface area (Å²) in [5.41, 5.74) is 1.86. The lowest BCUT2D eigenvalue weighted by atomic mass is 10.1. The van der Waals surface area contributed by atoms with Crippen molar-refractivity contribution >= 4 is 30.6 Å². The normalized spacial score (nSPS) is 17.8. The maximum Gasteiger partial charge on any atom is 0.357 e. The number of anilines is 1. The maximum atomic E-state index is 11.7. The molecular weight excluding hydrogens is 362 g/mol. The summed E-state index contributed by atoms with van der Waals surface area (Å²) in [4.78, 5) is 13.9. The Balaban J connectivity index is 1.81. The van der Waals surface area contributed by atoms with E-state index in [0.717, 1.165) is 36.8 Å². The number of methoxy groups -OCH3 is 1. The van der Waals surface area contributed by atoms with Gasteiger partial charge in [-0.15, -0.1) is 0 Å². The molecule has 1 aliphatic heterocycles. The van der Waals surface area contributed by atoms with Crippen LogP contribution in [0, 0.1) is 0 Å². The minimum absolute atomic E-state index is 0.0723. The largest absolute Gasteiger partial charge is 0.476 e. The van der Waals surface area contributed by atoms with Gasteiger partial charge in [0.05, 0.1) is 11.6 Å². The van der Waals surface area contributed by atoms with Crippen LogP contribution >= 0.6 is 0 Å². The molecule has 8 heteroatoms. The number of fused-ring (bicyclic) bond motifs is 1. The first-order chi connectivity index (χ1) is 12.8. The van der Waals surface area contributed by atoms with Gasteiger partial charge < -0.3 is 19.5 Å². The first-order valence-electron chi connectivity index (χ1n) is 9.38. The predicted octanol–water partition coefficient (Wildman–Crippen LogP) is 3.27. The van der Waals surface area contributed by atoms with Gasteiger partial charge in [-0.25, -0.2) is 9.48 Å². The van der Waals surface area contributed by atoms with Crippen LogP contribution in [0.5, 0.6) is 0 Å². The lowest BCUT2D eigenvalue weighted by molar-refractivity contribution is 0.0676. The van der Waals surface area contributed by atoms with Crippen molar-refractivity contribution in [2.75, 3.05) is 31.7 Å².